The lowest BCUT2D eigenvalue weighted by atomic mass is 9.49. The molecule has 3 nitrogen and oxygen atoms in total. The predicted octanol–water partition coefficient (Wildman–Crippen LogP) is 1.93. The lowest BCUT2D eigenvalue weighted by Crippen LogP contribution is -2.67. The molecule has 15 heavy (non-hydrogen) atoms. The molecule has 1 heterocycles. The number of amides is 1. The van der Waals surface area contributed by atoms with E-state index >= 15 is 0 Å². The topological polar surface area (TPSA) is 32.7 Å². The van der Waals surface area contributed by atoms with E-state index < -0.39 is 0 Å². The molecule has 2 bridgehead atoms. The molecule has 0 saturated heterocycles. The van der Waals surface area contributed by atoms with Crippen LogP contribution in [0.4, 0.5) is 0 Å². The number of carbonyl (C=O) groups is 1. The molecule has 1 atom stereocenters. The van der Waals surface area contributed by atoms with E-state index in [4.69, 9.17) is 0 Å². The first-order valence-electron chi connectivity index (χ1n) is 6.20. The van der Waals surface area contributed by atoms with Crippen LogP contribution >= 0.6 is 0 Å². The Morgan fingerprint density at radius 3 is 2.67 bits per heavy atom. The summed E-state index contributed by atoms with van der Waals surface area (Å²) in [6.07, 6.45) is 8.22. The minimum atomic E-state index is 0.174. The summed E-state index contributed by atoms with van der Waals surface area (Å²) in [4.78, 5) is 12.2. The minimum absolute atomic E-state index is 0.174. The second-order valence-corrected chi connectivity index (χ2v) is 5.74. The predicted molar refractivity (Wildman–Crippen MR) is 56.3 cm³/mol. The number of hydrazone groups is 1. The van der Waals surface area contributed by atoms with Crippen LogP contribution in [-0.2, 0) is 4.79 Å². The van der Waals surface area contributed by atoms with E-state index in [-0.39, 0.29) is 11.5 Å². The van der Waals surface area contributed by atoms with Crippen molar-refractivity contribution in [3.8, 4) is 0 Å². The van der Waals surface area contributed by atoms with Gasteiger partial charge in [-0.15, -0.1) is 0 Å². The Morgan fingerprint density at radius 1 is 1.27 bits per heavy atom. The minimum Gasteiger partial charge on any atom is -0.272 e. The molecule has 4 saturated carbocycles. The maximum absolute atomic E-state index is 12.2. The first kappa shape index (κ1) is 8.31. The first-order chi connectivity index (χ1) is 7.28. The van der Waals surface area contributed by atoms with Crippen LogP contribution in [0.2, 0.25) is 0 Å². The maximum atomic E-state index is 12.2. The molecule has 0 aromatic carbocycles. The highest BCUT2D eigenvalue weighted by atomic mass is 16.2. The van der Waals surface area contributed by atoms with Gasteiger partial charge in [0.05, 0.1) is 17.2 Å². The van der Waals surface area contributed by atoms with E-state index in [0.717, 1.165) is 18.8 Å². The van der Waals surface area contributed by atoms with Crippen molar-refractivity contribution in [2.45, 2.75) is 50.5 Å². The first-order valence-corrected chi connectivity index (χ1v) is 6.20. The van der Waals surface area contributed by atoms with Crippen LogP contribution in [-0.4, -0.2) is 22.2 Å². The standard InChI is InChI=1S/C12H16N2O/c15-11-9-3-1-2-4-10(9)13-14(11)12-5-8(6-12)7-12/h8-9H,1-7H2. The molecule has 1 amide bonds. The largest absolute Gasteiger partial charge is 0.272 e. The summed E-state index contributed by atoms with van der Waals surface area (Å²) >= 11 is 0. The molecule has 0 aromatic heterocycles. The van der Waals surface area contributed by atoms with Gasteiger partial charge in [-0.1, -0.05) is 6.42 Å². The molecule has 4 fully saturated rings. The van der Waals surface area contributed by atoms with E-state index in [0.29, 0.717) is 5.91 Å². The Hall–Kier alpha value is -0.860. The summed E-state index contributed by atoms with van der Waals surface area (Å²) < 4.78 is 0. The van der Waals surface area contributed by atoms with Gasteiger partial charge in [0, 0.05) is 0 Å². The Labute approximate surface area is 89.5 Å². The van der Waals surface area contributed by atoms with Gasteiger partial charge in [0.15, 0.2) is 0 Å². The molecule has 1 unspecified atom stereocenters. The van der Waals surface area contributed by atoms with Gasteiger partial charge in [0.25, 0.3) is 5.91 Å². The highest BCUT2D eigenvalue weighted by molar-refractivity contribution is 6.08. The van der Waals surface area contributed by atoms with E-state index in [2.05, 4.69) is 5.10 Å². The fourth-order valence-corrected chi connectivity index (χ4v) is 3.74. The number of rotatable bonds is 1. The van der Waals surface area contributed by atoms with Gasteiger partial charge in [-0.3, -0.25) is 4.79 Å². The summed E-state index contributed by atoms with van der Waals surface area (Å²) in [6.45, 7) is 0. The molecule has 80 valence electrons. The van der Waals surface area contributed by atoms with Crippen molar-refractivity contribution in [3.63, 3.8) is 0 Å². The average molecular weight is 204 g/mol. The summed E-state index contributed by atoms with van der Waals surface area (Å²) in [5.74, 6) is 1.41. The molecule has 0 spiro atoms. The van der Waals surface area contributed by atoms with Gasteiger partial charge in [0.1, 0.15) is 0 Å². The van der Waals surface area contributed by atoms with Crippen LogP contribution in [0.5, 0.6) is 0 Å². The zero-order valence-electron chi connectivity index (χ0n) is 8.91. The van der Waals surface area contributed by atoms with Crippen LogP contribution in [0.3, 0.4) is 0 Å². The molecule has 1 aliphatic heterocycles. The van der Waals surface area contributed by atoms with Crippen molar-refractivity contribution in [3.05, 3.63) is 0 Å². The van der Waals surface area contributed by atoms with Gasteiger partial charge >= 0.3 is 0 Å². The van der Waals surface area contributed by atoms with Crippen LogP contribution in [0, 0.1) is 11.8 Å². The highest BCUT2D eigenvalue weighted by Crippen LogP contribution is 2.61. The Kier molecular flexibility index (Phi) is 1.35. The summed E-state index contributed by atoms with van der Waals surface area (Å²) in [7, 11) is 0. The maximum Gasteiger partial charge on any atom is 0.252 e. The molecular weight excluding hydrogens is 188 g/mol. The summed E-state index contributed by atoms with van der Waals surface area (Å²) in [5.41, 5.74) is 1.39. The number of nitrogens with zero attached hydrogens (tertiary/aromatic N) is 2. The molecule has 0 aromatic rings. The number of hydrogen-bond acceptors (Lipinski definition) is 2. The zero-order valence-corrected chi connectivity index (χ0v) is 8.91. The quantitative estimate of drug-likeness (QED) is 0.642. The fraction of sp³-hybridized carbons (Fsp3) is 0.833. The summed E-state index contributed by atoms with van der Waals surface area (Å²) in [6, 6.07) is 0. The SMILES string of the molecule is O=C1C2CCCCC2=NN1C12CC(C1)C2. The van der Waals surface area contributed by atoms with Crippen molar-refractivity contribution in [2.24, 2.45) is 16.9 Å². The van der Waals surface area contributed by atoms with Crippen LogP contribution in [0.1, 0.15) is 44.9 Å². The highest BCUT2D eigenvalue weighted by Gasteiger charge is 2.63. The Balaban J connectivity index is 1.65. The Bertz CT molecular complexity index is 357. The van der Waals surface area contributed by atoms with Crippen molar-refractivity contribution >= 4 is 11.6 Å². The van der Waals surface area contributed by atoms with Crippen molar-refractivity contribution < 1.29 is 4.79 Å². The lowest BCUT2D eigenvalue weighted by Gasteiger charge is -2.63. The van der Waals surface area contributed by atoms with Gasteiger partial charge in [0.2, 0.25) is 0 Å². The molecule has 0 N–H and O–H groups in total. The fourth-order valence-electron chi connectivity index (χ4n) is 3.74. The van der Waals surface area contributed by atoms with Gasteiger partial charge in [-0.05, 0) is 44.4 Å². The van der Waals surface area contributed by atoms with Crippen molar-refractivity contribution in [1.82, 2.24) is 5.01 Å². The lowest BCUT2D eigenvalue weighted by molar-refractivity contribution is -0.171. The van der Waals surface area contributed by atoms with Gasteiger partial charge < -0.3 is 0 Å². The second kappa shape index (κ2) is 2.45. The third-order valence-corrected chi connectivity index (χ3v) is 4.77. The van der Waals surface area contributed by atoms with E-state index in [1.165, 1.54) is 37.8 Å². The number of carbonyl (C=O) groups excluding carboxylic acids is 1. The van der Waals surface area contributed by atoms with Crippen LogP contribution < -0.4 is 0 Å². The Morgan fingerprint density at radius 2 is 2.07 bits per heavy atom. The van der Waals surface area contributed by atoms with Crippen LogP contribution in [0.25, 0.3) is 0 Å². The molecule has 3 heteroatoms. The van der Waals surface area contributed by atoms with Gasteiger partial charge in [-0.25, -0.2) is 5.01 Å². The zero-order chi connectivity index (χ0) is 10.0. The van der Waals surface area contributed by atoms with E-state index in [1.54, 1.807) is 0 Å². The third kappa shape index (κ3) is 0.876. The monoisotopic (exact) mass is 204 g/mol. The normalized spacial score (nSPS) is 46.8. The number of hydrogen-bond donors (Lipinski definition) is 0. The molecule has 5 aliphatic rings. The number of fused-ring (bicyclic) bond motifs is 1. The molecular formula is C12H16N2O. The van der Waals surface area contributed by atoms with Gasteiger partial charge in [-0.2, -0.15) is 5.10 Å². The van der Waals surface area contributed by atoms with Crippen molar-refractivity contribution in [2.75, 3.05) is 0 Å². The van der Waals surface area contributed by atoms with E-state index in [9.17, 15) is 4.79 Å². The van der Waals surface area contributed by atoms with Crippen molar-refractivity contribution in [1.29, 1.82) is 0 Å². The average Bonchev–Trinajstić information content (AvgIpc) is 2.41. The smallest absolute Gasteiger partial charge is 0.252 e. The molecule has 0 radical (unpaired) electrons. The van der Waals surface area contributed by atoms with E-state index in [1.807, 2.05) is 5.01 Å². The summed E-state index contributed by atoms with van der Waals surface area (Å²) in [5, 5.41) is 6.51. The molecule has 4 aliphatic carbocycles. The van der Waals surface area contributed by atoms with Crippen LogP contribution in [0.15, 0.2) is 5.10 Å². The third-order valence-electron chi connectivity index (χ3n) is 4.77. The second-order valence-electron chi connectivity index (χ2n) is 5.74. The molecule has 5 rings (SSSR count).